The molecule has 0 heterocycles. The number of benzene rings is 1. The minimum Gasteiger partial charge on any atom is -0.323 e. The second-order valence-electron chi connectivity index (χ2n) is 4.58. The highest BCUT2D eigenvalue weighted by Crippen LogP contribution is 2.45. The van der Waals surface area contributed by atoms with Gasteiger partial charge in [0.15, 0.2) is 0 Å². The van der Waals surface area contributed by atoms with Gasteiger partial charge in [0.05, 0.1) is 6.04 Å². The van der Waals surface area contributed by atoms with Crippen LogP contribution >= 0.6 is 11.6 Å². The summed E-state index contributed by atoms with van der Waals surface area (Å²) in [6.07, 6.45) is 1.90. The Balaban J connectivity index is 2.42. The van der Waals surface area contributed by atoms with Crippen molar-refractivity contribution in [3.8, 4) is 0 Å². The van der Waals surface area contributed by atoms with Gasteiger partial charge in [-0.2, -0.15) is 0 Å². The lowest BCUT2D eigenvalue weighted by molar-refractivity contribution is 0.459. The van der Waals surface area contributed by atoms with Crippen LogP contribution in [0.25, 0.3) is 0 Å². The molecule has 1 atom stereocenters. The zero-order valence-corrected chi connectivity index (χ0v) is 10.2. The highest BCUT2D eigenvalue weighted by Gasteiger charge is 2.46. The maximum atomic E-state index is 13.5. The van der Waals surface area contributed by atoms with Crippen LogP contribution in [0.2, 0.25) is 5.02 Å². The van der Waals surface area contributed by atoms with E-state index in [1.807, 2.05) is 7.05 Å². The number of hydrogen-bond donors (Lipinski definition) is 2. The molecule has 1 fully saturated rings. The third kappa shape index (κ3) is 1.95. The van der Waals surface area contributed by atoms with E-state index in [0.717, 1.165) is 18.4 Å². The first-order chi connectivity index (χ1) is 7.48. The van der Waals surface area contributed by atoms with Gasteiger partial charge in [-0.05, 0) is 50.1 Å². The van der Waals surface area contributed by atoms with Gasteiger partial charge in [-0.25, -0.2) is 4.39 Å². The van der Waals surface area contributed by atoms with Crippen molar-refractivity contribution in [3.63, 3.8) is 0 Å². The summed E-state index contributed by atoms with van der Waals surface area (Å²) in [5.41, 5.74) is 7.20. The molecule has 0 saturated heterocycles. The normalized spacial score (nSPS) is 19.6. The van der Waals surface area contributed by atoms with Crippen LogP contribution in [0.5, 0.6) is 0 Å². The molecule has 0 radical (unpaired) electrons. The molecule has 0 bridgehead atoms. The summed E-state index contributed by atoms with van der Waals surface area (Å²) >= 11 is 6.15. The van der Waals surface area contributed by atoms with Gasteiger partial charge in [-0.1, -0.05) is 11.6 Å². The molecule has 3 N–H and O–H groups in total. The topological polar surface area (TPSA) is 38.0 Å². The molecule has 0 spiro atoms. The van der Waals surface area contributed by atoms with Crippen molar-refractivity contribution >= 4 is 11.6 Å². The maximum absolute atomic E-state index is 13.5. The maximum Gasteiger partial charge on any atom is 0.126 e. The Morgan fingerprint density at radius 2 is 2.12 bits per heavy atom. The van der Waals surface area contributed by atoms with Crippen LogP contribution in [0.15, 0.2) is 12.1 Å². The number of nitrogens with one attached hydrogen (secondary N) is 1. The highest BCUT2D eigenvalue weighted by molar-refractivity contribution is 6.31. The highest BCUT2D eigenvalue weighted by atomic mass is 35.5. The van der Waals surface area contributed by atoms with Crippen molar-refractivity contribution in [2.75, 3.05) is 7.05 Å². The molecule has 0 aliphatic heterocycles. The van der Waals surface area contributed by atoms with Crippen molar-refractivity contribution in [3.05, 3.63) is 34.1 Å². The molecule has 1 aromatic rings. The standard InChI is InChI=1S/C12H16ClFN2/c1-7-5-9(13)8(6-10(7)14)11(16-2)12(15)3-4-12/h5-6,11,16H,3-4,15H2,1-2H3. The van der Waals surface area contributed by atoms with Gasteiger partial charge in [0, 0.05) is 10.6 Å². The summed E-state index contributed by atoms with van der Waals surface area (Å²) in [5, 5.41) is 3.71. The molecule has 0 amide bonds. The molecule has 1 saturated carbocycles. The Hall–Kier alpha value is -0.640. The second kappa shape index (κ2) is 3.99. The number of likely N-dealkylation sites (N-methyl/N-ethyl adjacent to an activating group) is 1. The van der Waals surface area contributed by atoms with Gasteiger partial charge in [0.2, 0.25) is 0 Å². The largest absolute Gasteiger partial charge is 0.323 e. The number of hydrogen-bond acceptors (Lipinski definition) is 2. The SMILES string of the molecule is CNC(c1cc(F)c(C)cc1Cl)C1(N)CC1. The van der Waals surface area contributed by atoms with Gasteiger partial charge in [-0.15, -0.1) is 0 Å². The van der Waals surface area contributed by atoms with Crippen molar-refractivity contribution in [2.45, 2.75) is 31.3 Å². The van der Waals surface area contributed by atoms with Crippen LogP contribution in [0.3, 0.4) is 0 Å². The lowest BCUT2D eigenvalue weighted by atomic mass is 9.97. The molecule has 88 valence electrons. The van der Waals surface area contributed by atoms with Crippen LogP contribution in [0.1, 0.15) is 30.0 Å². The number of halogens is 2. The van der Waals surface area contributed by atoms with E-state index in [9.17, 15) is 4.39 Å². The summed E-state index contributed by atoms with van der Waals surface area (Å²) in [4.78, 5) is 0. The Labute approximate surface area is 100.0 Å². The van der Waals surface area contributed by atoms with E-state index in [1.54, 1.807) is 13.0 Å². The van der Waals surface area contributed by atoms with Gasteiger partial charge < -0.3 is 11.1 Å². The zero-order valence-electron chi connectivity index (χ0n) is 9.48. The molecule has 1 unspecified atom stereocenters. The zero-order chi connectivity index (χ0) is 11.9. The lowest BCUT2D eigenvalue weighted by Gasteiger charge is -2.24. The van der Waals surface area contributed by atoms with E-state index in [2.05, 4.69) is 5.32 Å². The average Bonchev–Trinajstić information content (AvgIpc) is 2.94. The molecular formula is C12H16ClFN2. The van der Waals surface area contributed by atoms with Crippen molar-refractivity contribution in [1.82, 2.24) is 5.32 Å². The van der Waals surface area contributed by atoms with Crippen LogP contribution < -0.4 is 11.1 Å². The third-order valence-corrected chi connectivity index (χ3v) is 3.61. The number of rotatable bonds is 3. The molecule has 16 heavy (non-hydrogen) atoms. The monoisotopic (exact) mass is 242 g/mol. The van der Waals surface area contributed by atoms with Crippen molar-refractivity contribution in [1.29, 1.82) is 0 Å². The third-order valence-electron chi connectivity index (χ3n) is 3.28. The van der Waals surface area contributed by atoms with Crippen LogP contribution in [-0.4, -0.2) is 12.6 Å². The Morgan fingerprint density at radius 1 is 1.50 bits per heavy atom. The van der Waals surface area contributed by atoms with Crippen LogP contribution in [0.4, 0.5) is 4.39 Å². The quantitative estimate of drug-likeness (QED) is 0.855. The summed E-state index contributed by atoms with van der Waals surface area (Å²) in [7, 11) is 1.83. The van der Waals surface area contributed by atoms with Gasteiger partial charge in [-0.3, -0.25) is 0 Å². The fourth-order valence-electron chi connectivity index (χ4n) is 2.07. The van der Waals surface area contributed by atoms with E-state index in [-0.39, 0.29) is 17.4 Å². The van der Waals surface area contributed by atoms with E-state index < -0.39 is 0 Å². The molecular weight excluding hydrogens is 227 g/mol. The van der Waals surface area contributed by atoms with E-state index in [0.29, 0.717) is 10.6 Å². The van der Waals surface area contributed by atoms with Gasteiger partial charge in [0.25, 0.3) is 0 Å². The average molecular weight is 243 g/mol. The van der Waals surface area contributed by atoms with Crippen LogP contribution in [-0.2, 0) is 0 Å². The van der Waals surface area contributed by atoms with Crippen molar-refractivity contribution in [2.24, 2.45) is 5.73 Å². The molecule has 4 heteroatoms. The van der Waals surface area contributed by atoms with E-state index >= 15 is 0 Å². The second-order valence-corrected chi connectivity index (χ2v) is 4.98. The fourth-order valence-corrected chi connectivity index (χ4v) is 2.40. The minimum atomic E-state index is -0.264. The van der Waals surface area contributed by atoms with Crippen molar-refractivity contribution < 1.29 is 4.39 Å². The lowest BCUT2D eigenvalue weighted by Crippen LogP contribution is -2.38. The molecule has 2 rings (SSSR count). The first kappa shape index (κ1) is 11.8. The molecule has 2 nitrogen and oxygen atoms in total. The molecule has 1 aliphatic carbocycles. The van der Waals surface area contributed by atoms with E-state index in [4.69, 9.17) is 17.3 Å². The number of nitrogens with two attached hydrogens (primary N) is 1. The summed E-state index contributed by atoms with van der Waals surface area (Å²) in [6, 6.07) is 3.07. The Bertz CT molecular complexity index is 416. The number of aryl methyl sites for hydroxylation is 1. The summed E-state index contributed by atoms with van der Waals surface area (Å²) < 4.78 is 13.5. The Morgan fingerprint density at radius 3 is 2.62 bits per heavy atom. The smallest absolute Gasteiger partial charge is 0.126 e. The van der Waals surface area contributed by atoms with Gasteiger partial charge >= 0.3 is 0 Å². The predicted octanol–water partition coefficient (Wildman–Crippen LogP) is 2.54. The van der Waals surface area contributed by atoms with Gasteiger partial charge in [0.1, 0.15) is 5.82 Å². The van der Waals surface area contributed by atoms with Crippen LogP contribution in [0, 0.1) is 12.7 Å². The fraction of sp³-hybridized carbons (Fsp3) is 0.500. The van der Waals surface area contributed by atoms with E-state index in [1.165, 1.54) is 6.07 Å². The molecule has 0 aromatic heterocycles. The Kier molecular flexibility index (Phi) is 2.95. The minimum absolute atomic E-state index is 0.0740. The predicted molar refractivity (Wildman–Crippen MR) is 64.1 cm³/mol. The first-order valence-electron chi connectivity index (χ1n) is 5.39. The summed E-state index contributed by atoms with van der Waals surface area (Å²) in [6.45, 7) is 1.70. The summed E-state index contributed by atoms with van der Waals surface area (Å²) in [5.74, 6) is -0.232. The molecule has 1 aliphatic rings. The first-order valence-corrected chi connectivity index (χ1v) is 5.77. The molecule has 1 aromatic carbocycles.